The number of aromatic nitrogens is 3. The Hall–Kier alpha value is -3.61. The maximum absolute atomic E-state index is 14.6. The summed E-state index contributed by atoms with van der Waals surface area (Å²) >= 11 is 0. The highest BCUT2D eigenvalue weighted by Crippen LogP contribution is 2.45. The Morgan fingerprint density at radius 3 is 2.55 bits per heavy atom. The van der Waals surface area contributed by atoms with Gasteiger partial charge in [0.2, 0.25) is 5.95 Å². The Balaban J connectivity index is 1.42. The summed E-state index contributed by atoms with van der Waals surface area (Å²) < 4.78 is 20.4. The average Bonchev–Trinajstić information content (AvgIpc) is 3.08. The lowest BCUT2D eigenvalue weighted by Crippen LogP contribution is -2.41. The highest BCUT2D eigenvalue weighted by molar-refractivity contribution is 5.74. The van der Waals surface area contributed by atoms with Crippen molar-refractivity contribution < 1.29 is 13.9 Å². The van der Waals surface area contributed by atoms with Gasteiger partial charge >= 0.3 is 6.09 Å². The number of allylic oxidation sites excluding steroid dienone is 1. The number of ether oxygens (including phenoxy) is 1. The monoisotopic (exact) mass is 444 g/mol. The van der Waals surface area contributed by atoms with Gasteiger partial charge in [0, 0.05) is 35.8 Å². The Labute approximate surface area is 192 Å². The number of hydrogen-bond donors (Lipinski definition) is 0. The second kappa shape index (κ2) is 8.39. The van der Waals surface area contributed by atoms with E-state index in [2.05, 4.69) is 15.0 Å². The van der Waals surface area contributed by atoms with E-state index in [1.165, 1.54) is 6.20 Å². The van der Waals surface area contributed by atoms with Crippen LogP contribution in [0, 0.1) is 5.95 Å². The first kappa shape index (κ1) is 21.2. The van der Waals surface area contributed by atoms with Crippen LogP contribution in [-0.4, -0.2) is 37.6 Å². The maximum Gasteiger partial charge on any atom is 0.411 e. The summed E-state index contributed by atoms with van der Waals surface area (Å²) in [6.07, 6.45) is 8.44. The van der Waals surface area contributed by atoms with E-state index in [-0.39, 0.29) is 18.2 Å². The minimum Gasteiger partial charge on any atom is -0.441 e. The molecule has 0 saturated carbocycles. The normalized spacial score (nSPS) is 22.1. The zero-order valence-corrected chi connectivity index (χ0v) is 18.6. The quantitative estimate of drug-likeness (QED) is 0.491. The molecule has 2 aliphatic rings. The van der Waals surface area contributed by atoms with Crippen LogP contribution < -0.4 is 0 Å². The van der Waals surface area contributed by atoms with Crippen LogP contribution in [0.4, 0.5) is 9.18 Å². The van der Waals surface area contributed by atoms with Crippen molar-refractivity contribution in [3.05, 3.63) is 84.2 Å². The molecular formula is C26H25FN4O2. The van der Waals surface area contributed by atoms with Crippen LogP contribution in [0.1, 0.15) is 50.3 Å². The first-order valence-electron chi connectivity index (χ1n) is 11.1. The van der Waals surface area contributed by atoms with E-state index < -0.39 is 11.5 Å². The molecule has 1 aliphatic carbocycles. The molecule has 1 saturated heterocycles. The molecule has 1 aromatic carbocycles. The number of hydrogen-bond acceptors (Lipinski definition) is 5. The smallest absolute Gasteiger partial charge is 0.411 e. The van der Waals surface area contributed by atoms with Crippen LogP contribution >= 0.6 is 0 Å². The van der Waals surface area contributed by atoms with Gasteiger partial charge in [-0.3, -0.25) is 4.90 Å². The Morgan fingerprint density at radius 1 is 1.09 bits per heavy atom. The summed E-state index contributed by atoms with van der Waals surface area (Å²) in [5, 5.41) is 0. The maximum atomic E-state index is 14.6. The lowest BCUT2D eigenvalue weighted by molar-refractivity contribution is 0.0668. The van der Waals surface area contributed by atoms with Gasteiger partial charge in [0.25, 0.3) is 0 Å². The van der Waals surface area contributed by atoms with Gasteiger partial charge in [-0.25, -0.2) is 19.7 Å². The molecule has 3 aromatic rings. The molecular weight excluding hydrogens is 419 g/mol. The van der Waals surface area contributed by atoms with Crippen molar-refractivity contribution in [3.8, 4) is 11.4 Å². The molecule has 6 nitrogen and oxygen atoms in total. The molecule has 2 atom stereocenters. The number of carbonyl (C=O) groups excluding carboxylic acids is 1. The molecule has 5 rings (SSSR count). The third-order valence-corrected chi connectivity index (χ3v) is 6.40. The van der Waals surface area contributed by atoms with Crippen LogP contribution in [0.2, 0.25) is 0 Å². The Bertz CT molecular complexity index is 1200. The first-order valence-corrected chi connectivity index (χ1v) is 11.1. The van der Waals surface area contributed by atoms with E-state index in [1.54, 1.807) is 24.5 Å². The molecule has 1 unspecified atom stereocenters. The fraction of sp³-hybridized carbons (Fsp3) is 0.308. The van der Waals surface area contributed by atoms with Crippen molar-refractivity contribution in [2.45, 2.75) is 50.8 Å². The predicted octanol–water partition coefficient (Wildman–Crippen LogP) is 5.59. The van der Waals surface area contributed by atoms with Gasteiger partial charge in [-0.2, -0.15) is 4.39 Å². The molecule has 0 N–H and O–H groups in total. The second-order valence-electron chi connectivity index (χ2n) is 8.98. The summed E-state index contributed by atoms with van der Waals surface area (Å²) in [4.78, 5) is 27.2. The molecule has 0 spiro atoms. The third kappa shape index (κ3) is 3.99. The van der Waals surface area contributed by atoms with Gasteiger partial charge < -0.3 is 4.74 Å². The summed E-state index contributed by atoms with van der Waals surface area (Å²) in [5.41, 5.74) is 2.43. The van der Waals surface area contributed by atoms with Crippen molar-refractivity contribution in [1.82, 2.24) is 19.9 Å². The lowest BCUT2D eigenvalue weighted by atomic mass is 9.86. The number of halogens is 1. The van der Waals surface area contributed by atoms with Gasteiger partial charge in [0.15, 0.2) is 5.82 Å². The molecule has 33 heavy (non-hydrogen) atoms. The van der Waals surface area contributed by atoms with Gasteiger partial charge in [0.05, 0.1) is 6.04 Å². The van der Waals surface area contributed by atoms with Crippen LogP contribution in [0.3, 0.4) is 0 Å². The number of nitrogens with zero attached hydrogens (tertiary/aromatic N) is 4. The van der Waals surface area contributed by atoms with Crippen molar-refractivity contribution in [3.63, 3.8) is 0 Å². The highest BCUT2D eigenvalue weighted by atomic mass is 19.1. The number of pyridine rings is 1. The van der Waals surface area contributed by atoms with E-state index in [0.29, 0.717) is 36.2 Å². The SMILES string of the molecule is CC1(C)OC(=O)N([C@H]2CC=C(c3cc(-c4ncccn4)cnc3F)CC2)C1c1ccccc1. The van der Waals surface area contributed by atoms with Crippen molar-refractivity contribution in [1.29, 1.82) is 0 Å². The summed E-state index contributed by atoms with van der Waals surface area (Å²) in [6.45, 7) is 3.90. The number of amides is 1. The number of rotatable bonds is 4. The molecule has 2 aromatic heterocycles. The second-order valence-corrected chi connectivity index (χ2v) is 8.98. The highest BCUT2D eigenvalue weighted by Gasteiger charge is 2.51. The summed E-state index contributed by atoms with van der Waals surface area (Å²) in [5.74, 6) is -0.00320. The number of benzene rings is 1. The van der Waals surface area contributed by atoms with Gasteiger partial charge in [-0.15, -0.1) is 0 Å². The zero-order chi connectivity index (χ0) is 23.0. The minimum absolute atomic E-state index is 0.0232. The van der Waals surface area contributed by atoms with E-state index in [0.717, 1.165) is 11.1 Å². The van der Waals surface area contributed by atoms with Crippen LogP contribution in [-0.2, 0) is 4.74 Å². The van der Waals surface area contributed by atoms with E-state index in [4.69, 9.17) is 4.74 Å². The predicted molar refractivity (Wildman–Crippen MR) is 122 cm³/mol. The summed E-state index contributed by atoms with van der Waals surface area (Å²) in [6, 6.07) is 13.3. The Morgan fingerprint density at radius 2 is 1.85 bits per heavy atom. The number of carbonyl (C=O) groups is 1. The molecule has 168 valence electrons. The Kier molecular flexibility index (Phi) is 5.40. The van der Waals surface area contributed by atoms with E-state index in [1.807, 2.05) is 55.2 Å². The number of cyclic esters (lactones) is 1. The molecule has 7 heteroatoms. The topological polar surface area (TPSA) is 68.2 Å². The molecule has 3 heterocycles. The standard InChI is InChI=1S/C26H25FN4O2/c1-26(2)22(18-7-4-3-5-8-18)31(25(32)33-26)20-11-9-17(10-12-20)21-15-19(16-30-23(21)27)24-28-13-6-14-29-24/h3-9,13-16,20,22H,10-12H2,1-2H3/t20-,22?/m0/s1. The van der Waals surface area contributed by atoms with Gasteiger partial charge in [-0.1, -0.05) is 36.4 Å². The molecule has 1 amide bonds. The van der Waals surface area contributed by atoms with E-state index in [9.17, 15) is 9.18 Å². The van der Waals surface area contributed by atoms with Crippen LogP contribution in [0.5, 0.6) is 0 Å². The molecule has 0 radical (unpaired) electrons. The molecule has 1 fully saturated rings. The summed E-state index contributed by atoms with van der Waals surface area (Å²) in [7, 11) is 0. The van der Waals surface area contributed by atoms with Crippen LogP contribution in [0.15, 0.2) is 67.1 Å². The van der Waals surface area contributed by atoms with Crippen molar-refractivity contribution >= 4 is 11.7 Å². The fourth-order valence-corrected chi connectivity index (χ4v) is 4.89. The molecule has 1 aliphatic heterocycles. The average molecular weight is 445 g/mol. The van der Waals surface area contributed by atoms with Crippen molar-refractivity contribution in [2.75, 3.05) is 0 Å². The lowest BCUT2D eigenvalue weighted by Gasteiger charge is -2.36. The third-order valence-electron chi connectivity index (χ3n) is 6.40. The first-order chi connectivity index (χ1) is 15.9. The van der Waals surface area contributed by atoms with Crippen molar-refractivity contribution in [2.24, 2.45) is 0 Å². The van der Waals surface area contributed by atoms with E-state index >= 15 is 0 Å². The van der Waals surface area contributed by atoms with Gasteiger partial charge in [-0.05, 0) is 56.4 Å². The van der Waals surface area contributed by atoms with Crippen LogP contribution in [0.25, 0.3) is 17.0 Å². The largest absolute Gasteiger partial charge is 0.441 e. The zero-order valence-electron chi connectivity index (χ0n) is 18.6. The van der Waals surface area contributed by atoms with Gasteiger partial charge in [0.1, 0.15) is 5.60 Å². The molecule has 0 bridgehead atoms. The minimum atomic E-state index is -0.636. The fourth-order valence-electron chi connectivity index (χ4n) is 4.89.